The summed E-state index contributed by atoms with van der Waals surface area (Å²) in [5, 5.41) is 21.6. The highest BCUT2D eigenvalue weighted by atomic mass is 35.5. The summed E-state index contributed by atoms with van der Waals surface area (Å²) in [6, 6.07) is 0.417. The van der Waals surface area contributed by atoms with Gasteiger partial charge in [-0.1, -0.05) is 13.8 Å². The number of fused-ring (bicyclic) bond motifs is 5. The molecule has 146 valence electrons. The predicted molar refractivity (Wildman–Crippen MR) is 104 cm³/mol. The minimum absolute atomic E-state index is 0. The summed E-state index contributed by atoms with van der Waals surface area (Å²) in [7, 11) is 0. The Kier molecular flexibility index (Phi) is 5.07. The molecule has 0 spiro atoms. The van der Waals surface area contributed by atoms with Crippen molar-refractivity contribution in [1.29, 1.82) is 0 Å². The van der Waals surface area contributed by atoms with Crippen LogP contribution in [-0.2, 0) is 0 Å². The van der Waals surface area contributed by atoms with Crippen LogP contribution in [0.2, 0.25) is 0 Å². The molecule has 4 aliphatic rings. The lowest BCUT2D eigenvalue weighted by molar-refractivity contribution is -0.183. The number of hydrogen-bond donors (Lipinski definition) is 3. The average Bonchev–Trinajstić information content (AvgIpc) is 2.81. The summed E-state index contributed by atoms with van der Waals surface area (Å²) >= 11 is 0. The third-order valence-electron chi connectivity index (χ3n) is 9.61. The zero-order valence-electron chi connectivity index (χ0n) is 16.2. The molecule has 4 rings (SSSR count). The molecule has 0 aliphatic heterocycles. The van der Waals surface area contributed by atoms with Crippen molar-refractivity contribution >= 4 is 12.4 Å². The predicted octanol–water partition coefficient (Wildman–Crippen LogP) is 3.89. The van der Waals surface area contributed by atoms with E-state index in [2.05, 4.69) is 13.8 Å². The molecule has 0 aromatic heterocycles. The molecule has 4 aliphatic carbocycles. The van der Waals surface area contributed by atoms with Gasteiger partial charge in [-0.05, 0) is 93.8 Å². The standard InChI is InChI=1S/C21H37NO2.ClH/c1-13(23)21(24)11-8-18-16-5-4-14-12-15(22)6-9-19(14,2)17(16)7-10-20(18,21)3;/h13-18,23-24H,4-12,22H2,1-3H3;1H/t13-,14?,15?,16+,17-,18-,19-,20-,21-;/m0./s1. The molecular weight excluding hydrogens is 334 g/mol. The third kappa shape index (κ3) is 2.56. The van der Waals surface area contributed by atoms with Gasteiger partial charge in [0, 0.05) is 11.5 Å². The number of aliphatic hydroxyl groups excluding tert-OH is 1. The zero-order valence-corrected chi connectivity index (χ0v) is 17.0. The van der Waals surface area contributed by atoms with Crippen LogP contribution in [-0.4, -0.2) is 28.0 Å². The van der Waals surface area contributed by atoms with Crippen LogP contribution in [0.25, 0.3) is 0 Å². The van der Waals surface area contributed by atoms with Crippen LogP contribution in [0.1, 0.15) is 78.6 Å². The monoisotopic (exact) mass is 371 g/mol. The van der Waals surface area contributed by atoms with E-state index in [1.807, 2.05) is 0 Å². The molecule has 0 heterocycles. The van der Waals surface area contributed by atoms with Crippen LogP contribution in [0.4, 0.5) is 0 Å². The first kappa shape index (κ1) is 19.9. The Morgan fingerprint density at radius 2 is 1.64 bits per heavy atom. The van der Waals surface area contributed by atoms with Crippen LogP contribution in [0.5, 0.6) is 0 Å². The first-order valence-corrected chi connectivity index (χ1v) is 10.4. The molecule has 2 unspecified atom stereocenters. The quantitative estimate of drug-likeness (QED) is 0.655. The Morgan fingerprint density at radius 3 is 2.32 bits per heavy atom. The summed E-state index contributed by atoms with van der Waals surface area (Å²) in [4.78, 5) is 0. The molecule has 0 bridgehead atoms. The van der Waals surface area contributed by atoms with Gasteiger partial charge in [-0.2, -0.15) is 0 Å². The van der Waals surface area contributed by atoms with Crippen molar-refractivity contribution in [1.82, 2.24) is 0 Å². The molecule has 0 radical (unpaired) electrons. The second-order valence-electron chi connectivity index (χ2n) is 10.3. The number of aliphatic hydroxyl groups is 2. The highest BCUT2D eigenvalue weighted by Gasteiger charge is 2.65. The van der Waals surface area contributed by atoms with Gasteiger partial charge < -0.3 is 15.9 Å². The lowest BCUT2D eigenvalue weighted by atomic mass is 9.44. The minimum Gasteiger partial charge on any atom is -0.390 e. The van der Waals surface area contributed by atoms with Crippen LogP contribution in [0, 0.1) is 34.5 Å². The van der Waals surface area contributed by atoms with Crippen molar-refractivity contribution in [3.63, 3.8) is 0 Å². The van der Waals surface area contributed by atoms with Crippen molar-refractivity contribution in [2.24, 2.45) is 40.2 Å². The molecule has 4 fully saturated rings. The number of hydrogen-bond acceptors (Lipinski definition) is 3. The topological polar surface area (TPSA) is 66.5 Å². The van der Waals surface area contributed by atoms with Crippen molar-refractivity contribution in [3.05, 3.63) is 0 Å². The maximum atomic E-state index is 11.3. The maximum Gasteiger partial charge on any atom is 0.0958 e. The molecule has 9 atom stereocenters. The van der Waals surface area contributed by atoms with Gasteiger partial charge in [-0.25, -0.2) is 0 Å². The van der Waals surface area contributed by atoms with E-state index in [1.165, 1.54) is 38.5 Å². The van der Waals surface area contributed by atoms with Gasteiger partial charge in [0.2, 0.25) is 0 Å². The van der Waals surface area contributed by atoms with Crippen molar-refractivity contribution in [3.8, 4) is 0 Å². The molecule has 0 aromatic carbocycles. The summed E-state index contributed by atoms with van der Waals surface area (Å²) in [6.07, 6.45) is 9.91. The second-order valence-corrected chi connectivity index (χ2v) is 10.3. The first-order valence-electron chi connectivity index (χ1n) is 10.4. The molecule has 0 aromatic rings. The fourth-order valence-corrected chi connectivity index (χ4v) is 8.03. The number of nitrogens with two attached hydrogens (primary N) is 1. The smallest absolute Gasteiger partial charge is 0.0958 e. The van der Waals surface area contributed by atoms with E-state index >= 15 is 0 Å². The highest BCUT2D eigenvalue weighted by molar-refractivity contribution is 5.85. The SMILES string of the molecule is C[C@H](O)[C@@]1(O)CC[C@H]2[C@@H]3CCC4CC(N)CC[C@]4(C)[C@H]3CC[C@@]21C.Cl. The van der Waals surface area contributed by atoms with Crippen molar-refractivity contribution in [2.75, 3.05) is 0 Å². The Morgan fingerprint density at radius 1 is 0.960 bits per heavy atom. The van der Waals surface area contributed by atoms with Crippen molar-refractivity contribution in [2.45, 2.75) is 96.3 Å². The van der Waals surface area contributed by atoms with E-state index in [9.17, 15) is 10.2 Å². The van der Waals surface area contributed by atoms with Crippen LogP contribution >= 0.6 is 12.4 Å². The van der Waals surface area contributed by atoms with Gasteiger partial charge in [0.05, 0.1) is 11.7 Å². The van der Waals surface area contributed by atoms with E-state index in [0.29, 0.717) is 17.4 Å². The lowest BCUT2D eigenvalue weighted by Gasteiger charge is -2.62. The molecule has 0 amide bonds. The molecule has 25 heavy (non-hydrogen) atoms. The molecule has 4 saturated carbocycles. The Balaban J connectivity index is 0.00000182. The lowest BCUT2D eigenvalue weighted by Crippen LogP contribution is -2.59. The van der Waals surface area contributed by atoms with Gasteiger partial charge in [-0.15, -0.1) is 12.4 Å². The summed E-state index contributed by atoms with van der Waals surface area (Å²) < 4.78 is 0. The zero-order chi connectivity index (χ0) is 17.3. The summed E-state index contributed by atoms with van der Waals surface area (Å²) in [5.74, 6) is 2.94. The summed E-state index contributed by atoms with van der Waals surface area (Å²) in [6.45, 7) is 6.62. The van der Waals surface area contributed by atoms with Crippen LogP contribution in [0.3, 0.4) is 0 Å². The Bertz CT molecular complexity index is 514. The third-order valence-corrected chi connectivity index (χ3v) is 9.61. The van der Waals surface area contributed by atoms with Gasteiger partial charge >= 0.3 is 0 Å². The molecule has 0 saturated heterocycles. The van der Waals surface area contributed by atoms with Gasteiger partial charge in [-0.3, -0.25) is 0 Å². The van der Waals surface area contributed by atoms with E-state index in [4.69, 9.17) is 5.73 Å². The van der Waals surface area contributed by atoms with E-state index in [-0.39, 0.29) is 17.8 Å². The highest BCUT2D eigenvalue weighted by Crippen LogP contribution is 2.68. The normalized spacial score (nSPS) is 56.2. The van der Waals surface area contributed by atoms with Gasteiger partial charge in [0.15, 0.2) is 0 Å². The van der Waals surface area contributed by atoms with Crippen molar-refractivity contribution < 1.29 is 10.2 Å². The Hall–Kier alpha value is 0.170. The van der Waals surface area contributed by atoms with E-state index < -0.39 is 11.7 Å². The van der Waals surface area contributed by atoms with Gasteiger partial charge in [0.25, 0.3) is 0 Å². The molecule has 4 N–H and O–H groups in total. The van der Waals surface area contributed by atoms with E-state index in [1.54, 1.807) is 6.92 Å². The fourth-order valence-electron chi connectivity index (χ4n) is 8.03. The fraction of sp³-hybridized carbons (Fsp3) is 1.00. The average molecular weight is 372 g/mol. The Labute approximate surface area is 159 Å². The summed E-state index contributed by atoms with van der Waals surface area (Å²) in [5.41, 5.74) is 5.77. The number of rotatable bonds is 1. The minimum atomic E-state index is -0.880. The molecular formula is C21H38ClNO2. The maximum absolute atomic E-state index is 11.3. The molecule has 3 nitrogen and oxygen atoms in total. The second kappa shape index (κ2) is 6.36. The van der Waals surface area contributed by atoms with Crippen LogP contribution < -0.4 is 5.73 Å². The van der Waals surface area contributed by atoms with Crippen LogP contribution in [0.15, 0.2) is 0 Å². The molecule has 4 heteroatoms. The van der Waals surface area contributed by atoms with Gasteiger partial charge in [0.1, 0.15) is 0 Å². The first-order chi connectivity index (χ1) is 11.2. The number of halogens is 1. The largest absolute Gasteiger partial charge is 0.390 e. The van der Waals surface area contributed by atoms with E-state index in [0.717, 1.165) is 37.0 Å².